The van der Waals surface area contributed by atoms with Crippen LogP contribution in [0.4, 0.5) is 10.5 Å². The second-order valence-corrected chi connectivity index (χ2v) is 6.18. The van der Waals surface area contributed by atoms with Gasteiger partial charge in [-0.05, 0) is 37.1 Å². The third kappa shape index (κ3) is 4.82. The van der Waals surface area contributed by atoms with Crippen LogP contribution in [0.2, 0.25) is 0 Å². The number of aromatic nitrogens is 2. The van der Waals surface area contributed by atoms with E-state index in [1.54, 1.807) is 30.5 Å². The quantitative estimate of drug-likeness (QED) is 0.732. The minimum Gasteiger partial charge on any atom is -0.376 e. The maximum Gasteiger partial charge on any atom is 0.319 e. The van der Waals surface area contributed by atoms with E-state index in [1.165, 1.54) is 0 Å². The zero-order chi connectivity index (χ0) is 18.4. The molecule has 0 saturated carbocycles. The molecule has 138 valence electrons. The summed E-state index contributed by atoms with van der Waals surface area (Å²) in [4.78, 5) is 28.2. The molecule has 1 saturated heterocycles. The molecule has 2 aromatic rings. The molecular weight excluding hydrogens is 334 g/mol. The minimum atomic E-state index is -0.330. The van der Waals surface area contributed by atoms with E-state index in [0.717, 1.165) is 25.3 Å². The van der Waals surface area contributed by atoms with Crippen molar-refractivity contribution in [3.63, 3.8) is 0 Å². The molecule has 1 aromatic carbocycles. The Bertz CT molecular complexity index is 750. The normalized spacial score (nSPS) is 16.3. The number of hydrogen-bond donors (Lipinski definition) is 3. The fraction of sp³-hybridized carbons (Fsp3) is 0.389. The second kappa shape index (κ2) is 8.48. The van der Waals surface area contributed by atoms with Crippen LogP contribution in [0.5, 0.6) is 0 Å². The lowest BCUT2D eigenvalue weighted by molar-refractivity contribution is 0.0858. The number of urea groups is 1. The van der Waals surface area contributed by atoms with Gasteiger partial charge in [0.1, 0.15) is 5.82 Å². The second-order valence-electron chi connectivity index (χ2n) is 6.18. The van der Waals surface area contributed by atoms with Gasteiger partial charge >= 0.3 is 6.03 Å². The van der Waals surface area contributed by atoms with Crippen molar-refractivity contribution >= 4 is 17.6 Å². The minimum absolute atomic E-state index is 0.113. The molecule has 0 radical (unpaired) electrons. The number of hydrogen-bond acceptors (Lipinski definition) is 4. The summed E-state index contributed by atoms with van der Waals surface area (Å²) >= 11 is 0. The third-order valence-corrected chi connectivity index (χ3v) is 4.25. The van der Waals surface area contributed by atoms with Crippen LogP contribution in [0.3, 0.4) is 0 Å². The van der Waals surface area contributed by atoms with Crippen LogP contribution in [0.1, 0.15) is 29.0 Å². The smallest absolute Gasteiger partial charge is 0.319 e. The highest BCUT2D eigenvalue weighted by Gasteiger charge is 2.16. The first-order chi connectivity index (χ1) is 12.6. The van der Waals surface area contributed by atoms with Gasteiger partial charge in [-0.2, -0.15) is 0 Å². The van der Waals surface area contributed by atoms with E-state index in [2.05, 4.69) is 20.9 Å². The first kappa shape index (κ1) is 17.9. The Morgan fingerprint density at radius 2 is 2.08 bits per heavy atom. The van der Waals surface area contributed by atoms with E-state index in [0.29, 0.717) is 24.3 Å². The van der Waals surface area contributed by atoms with Crippen molar-refractivity contribution in [2.24, 2.45) is 7.05 Å². The Kier molecular flexibility index (Phi) is 5.85. The number of aryl methyl sites for hydroxylation is 1. The maximum atomic E-state index is 12.1. The van der Waals surface area contributed by atoms with Crippen molar-refractivity contribution in [3.8, 4) is 0 Å². The van der Waals surface area contributed by atoms with Gasteiger partial charge in [0, 0.05) is 43.8 Å². The van der Waals surface area contributed by atoms with Crippen LogP contribution < -0.4 is 16.0 Å². The largest absolute Gasteiger partial charge is 0.376 e. The highest BCUT2D eigenvalue weighted by atomic mass is 16.5. The first-order valence-corrected chi connectivity index (χ1v) is 8.63. The van der Waals surface area contributed by atoms with E-state index in [9.17, 15) is 9.59 Å². The van der Waals surface area contributed by atoms with Crippen molar-refractivity contribution in [3.05, 3.63) is 48.0 Å². The van der Waals surface area contributed by atoms with Crippen LogP contribution >= 0.6 is 0 Å². The molecule has 1 fully saturated rings. The average Bonchev–Trinajstić information content (AvgIpc) is 3.30. The average molecular weight is 357 g/mol. The molecule has 8 heteroatoms. The summed E-state index contributed by atoms with van der Waals surface area (Å²) in [6.07, 6.45) is 5.64. The van der Waals surface area contributed by atoms with Crippen LogP contribution in [0, 0.1) is 0 Å². The lowest BCUT2D eigenvalue weighted by atomic mass is 10.2. The molecule has 0 bridgehead atoms. The van der Waals surface area contributed by atoms with E-state index in [-0.39, 0.29) is 18.0 Å². The Hall–Kier alpha value is -2.87. The molecule has 8 nitrogen and oxygen atoms in total. The van der Waals surface area contributed by atoms with Gasteiger partial charge in [-0.1, -0.05) is 0 Å². The van der Waals surface area contributed by atoms with Crippen molar-refractivity contribution in [1.29, 1.82) is 0 Å². The molecule has 0 spiro atoms. The predicted molar refractivity (Wildman–Crippen MR) is 96.8 cm³/mol. The lowest BCUT2D eigenvalue weighted by Gasteiger charge is -2.11. The molecular formula is C18H23N5O3. The SMILES string of the molecule is Cn1ccnc1CNC(=O)Nc1ccc(C(=O)NC[C@H]2CCCO2)cc1. The highest BCUT2D eigenvalue weighted by molar-refractivity contribution is 5.95. The van der Waals surface area contributed by atoms with Crippen LogP contribution in [-0.4, -0.2) is 40.7 Å². The summed E-state index contributed by atoms with van der Waals surface area (Å²) in [6, 6.07) is 6.42. The van der Waals surface area contributed by atoms with Crippen LogP contribution in [0.15, 0.2) is 36.7 Å². The number of nitrogens with one attached hydrogen (secondary N) is 3. The van der Waals surface area contributed by atoms with Crippen molar-refractivity contribution in [2.45, 2.75) is 25.5 Å². The molecule has 26 heavy (non-hydrogen) atoms. The van der Waals surface area contributed by atoms with E-state index in [4.69, 9.17) is 4.74 Å². The van der Waals surface area contributed by atoms with Gasteiger partial charge in [-0.3, -0.25) is 4.79 Å². The van der Waals surface area contributed by atoms with Crippen molar-refractivity contribution in [1.82, 2.24) is 20.2 Å². The zero-order valence-corrected chi connectivity index (χ0v) is 14.7. The Morgan fingerprint density at radius 3 is 2.73 bits per heavy atom. The molecule has 3 rings (SSSR count). The van der Waals surface area contributed by atoms with Gasteiger partial charge in [0.2, 0.25) is 0 Å². The molecule has 3 amide bonds. The number of amides is 3. The molecule has 0 unspecified atom stereocenters. The number of imidazole rings is 1. The topological polar surface area (TPSA) is 97.3 Å². The molecule has 2 heterocycles. The predicted octanol–water partition coefficient (Wildman–Crippen LogP) is 1.65. The number of ether oxygens (including phenoxy) is 1. The summed E-state index contributed by atoms with van der Waals surface area (Å²) in [6.45, 7) is 1.62. The number of rotatable bonds is 6. The summed E-state index contributed by atoms with van der Waals surface area (Å²) in [5.41, 5.74) is 1.15. The maximum absolute atomic E-state index is 12.1. The fourth-order valence-electron chi connectivity index (χ4n) is 2.72. The van der Waals surface area contributed by atoms with Gasteiger partial charge in [0.25, 0.3) is 5.91 Å². The molecule has 1 atom stereocenters. The van der Waals surface area contributed by atoms with Crippen molar-refractivity contribution in [2.75, 3.05) is 18.5 Å². The summed E-state index contributed by atoms with van der Waals surface area (Å²) < 4.78 is 7.32. The van der Waals surface area contributed by atoms with Gasteiger partial charge in [0.15, 0.2) is 0 Å². The molecule has 3 N–H and O–H groups in total. The summed E-state index contributed by atoms with van der Waals surface area (Å²) in [7, 11) is 1.87. The number of anilines is 1. The van der Waals surface area contributed by atoms with Crippen LogP contribution in [0.25, 0.3) is 0 Å². The third-order valence-electron chi connectivity index (χ3n) is 4.25. The van der Waals surface area contributed by atoms with E-state index >= 15 is 0 Å². The molecule has 1 aromatic heterocycles. The summed E-state index contributed by atoms with van der Waals surface area (Å²) in [5.74, 6) is 0.615. The van der Waals surface area contributed by atoms with Gasteiger partial charge in [0.05, 0.1) is 12.6 Å². The highest BCUT2D eigenvalue weighted by Crippen LogP contribution is 2.12. The van der Waals surface area contributed by atoms with Gasteiger partial charge in [-0.25, -0.2) is 9.78 Å². The fourth-order valence-corrected chi connectivity index (χ4v) is 2.72. The Labute approximate surface area is 151 Å². The Balaban J connectivity index is 1.45. The molecule has 1 aliphatic rings. The Morgan fingerprint density at radius 1 is 1.27 bits per heavy atom. The summed E-state index contributed by atoms with van der Waals surface area (Å²) in [5, 5.41) is 8.33. The standard InChI is InChI=1S/C18H23N5O3/c1-23-9-8-19-16(23)12-21-18(25)22-14-6-4-13(5-7-14)17(24)20-11-15-3-2-10-26-15/h4-9,15H,2-3,10-12H2,1H3,(H,20,24)(H2,21,22,25)/t15-/m1/s1. The number of carbonyl (C=O) groups is 2. The van der Waals surface area contributed by atoms with E-state index < -0.39 is 0 Å². The lowest BCUT2D eigenvalue weighted by Crippen LogP contribution is -2.31. The first-order valence-electron chi connectivity index (χ1n) is 8.63. The van der Waals surface area contributed by atoms with Gasteiger partial charge < -0.3 is 25.3 Å². The van der Waals surface area contributed by atoms with Crippen LogP contribution in [-0.2, 0) is 18.3 Å². The zero-order valence-electron chi connectivity index (χ0n) is 14.7. The molecule has 1 aliphatic heterocycles. The number of benzene rings is 1. The van der Waals surface area contributed by atoms with Crippen molar-refractivity contribution < 1.29 is 14.3 Å². The number of nitrogens with zero attached hydrogens (tertiary/aromatic N) is 2. The van der Waals surface area contributed by atoms with Gasteiger partial charge in [-0.15, -0.1) is 0 Å². The number of carbonyl (C=O) groups excluding carboxylic acids is 2. The molecule has 0 aliphatic carbocycles. The van der Waals surface area contributed by atoms with E-state index in [1.807, 2.05) is 17.8 Å². The monoisotopic (exact) mass is 357 g/mol.